The van der Waals surface area contributed by atoms with E-state index in [1.165, 1.54) is 10.8 Å². The topological polar surface area (TPSA) is 6.48 Å². The fourth-order valence-electron chi connectivity index (χ4n) is 5.77. The first-order chi connectivity index (χ1) is 23.8. The van der Waals surface area contributed by atoms with Crippen LogP contribution in [0.1, 0.15) is 0 Å². The Balaban J connectivity index is 1.34. The van der Waals surface area contributed by atoms with Crippen molar-refractivity contribution < 1.29 is 0 Å². The second-order valence-corrected chi connectivity index (χ2v) is 11.1. The monoisotopic (exact) mass is 618 g/mol. The van der Waals surface area contributed by atoms with Crippen molar-refractivity contribution >= 4 is 39.2 Å². The smallest absolute Gasteiger partial charge is 0.0540 e. The first-order valence-electron chi connectivity index (χ1n) is 16.1. The largest absolute Gasteiger partial charge is 0.311 e. The maximum absolute atomic E-state index is 3.89. The number of nitrogens with zero attached hydrogens (tertiary/aromatic N) is 2. The Morgan fingerprint density at radius 1 is 0.438 bits per heavy atom. The molecule has 0 saturated carbocycles. The molecule has 6 aromatic rings. The first kappa shape index (κ1) is 31.6. The average molecular weight is 619 g/mol. The fourth-order valence-corrected chi connectivity index (χ4v) is 5.77. The molecule has 0 radical (unpaired) electrons. The van der Waals surface area contributed by atoms with Crippen molar-refractivity contribution in [3.05, 3.63) is 225 Å². The molecule has 0 aliphatic carbocycles. The molecule has 0 aromatic heterocycles. The Morgan fingerprint density at radius 2 is 0.958 bits per heavy atom. The van der Waals surface area contributed by atoms with Gasteiger partial charge >= 0.3 is 0 Å². The minimum absolute atomic E-state index is 1.01. The van der Waals surface area contributed by atoms with Crippen molar-refractivity contribution in [3.63, 3.8) is 0 Å². The molecule has 0 unspecified atom stereocenters. The van der Waals surface area contributed by atoms with E-state index in [0.29, 0.717) is 0 Å². The van der Waals surface area contributed by atoms with Gasteiger partial charge in [0.25, 0.3) is 0 Å². The predicted molar refractivity (Wildman–Crippen MR) is 209 cm³/mol. The Labute approximate surface area is 284 Å². The van der Waals surface area contributed by atoms with Crippen LogP contribution in [0.4, 0.5) is 28.4 Å². The third-order valence-corrected chi connectivity index (χ3v) is 8.02. The molecule has 0 spiro atoms. The molecule has 0 amide bonds. The summed E-state index contributed by atoms with van der Waals surface area (Å²) in [6.07, 6.45) is 17.6. The minimum atomic E-state index is 1.01. The second kappa shape index (κ2) is 15.8. The Kier molecular flexibility index (Phi) is 10.4. The van der Waals surface area contributed by atoms with Gasteiger partial charge in [-0.05, 0) is 83.3 Å². The number of hydrogen-bond donors (Lipinski definition) is 0. The van der Waals surface area contributed by atoms with E-state index in [9.17, 15) is 0 Å². The standard InChI is InChI=1S/C46H38N2/c1-3-5-7-8-11-22-40(21-6-4-2)47(41-23-12-9-13-24-41)43-33-29-37(30-34-43)38-31-35-44(36-32-38)48(42-25-14-10-15-26-42)46-28-18-20-39-19-16-17-27-45(39)46/h3-36H,1-2H2/b7-5-,11-8-,21-6-,40-22+. The van der Waals surface area contributed by atoms with Crippen molar-refractivity contribution in [3.8, 4) is 11.1 Å². The molecule has 0 heterocycles. The Hall–Kier alpha value is -6.38. The molecule has 0 bridgehead atoms. The number of benzene rings is 6. The van der Waals surface area contributed by atoms with Crippen molar-refractivity contribution in [1.82, 2.24) is 0 Å². The van der Waals surface area contributed by atoms with Gasteiger partial charge in [-0.1, -0.05) is 153 Å². The van der Waals surface area contributed by atoms with Gasteiger partial charge in [-0.15, -0.1) is 0 Å². The molecule has 0 saturated heterocycles. The van der Waals surface area contributed by atoms with Crippen molar-refractivity contribution in [2.24, 2.45) is 0 Å². The molecule has 6 rings (SSSR count). The van der Waals surface area contributed by atoms with E-state index in [2.05, 4.69) is 181 Å². The third kappa shape index (κ3) is 7.36. The highest BCUT2D eigenvalue weighted by molar-refractivity contribution is 5.99. The highest BCUT2D eigenvalue weighted by Gasteiger charge is 2.16. The molecule has 0 aliphatic rings. The van der Waals surface area contributed by atoms with E-state index in [4.69, 9.17) is 0 Å². The molecule has 6 aromatic carbocycles. The zero-order valence-electron chi connectivity index (χ0n) is 26.9. The highest BCUT2D eigenvalue weighted by atomic mass is 15.1. The van der Waals surface area contributed by atoms with Crippen LogP contribution < -0.4 is 9.80 Å². The lowest BCUT2D eigenvalue weighted by atomic mass is 10.0. The summed E-state index contributed by atoms with van der Waals surface area (Å²) < 4.78 is 0. The summed E-state index contributed by atoms with van der Waals surface area (Å²) in [6.45, 7) is 7.64. The summed E-state index contributed by atoms with van der Waals surface area (Å²) in [5, 5.41) is 2.43. The SMILES string of the molecule is C=C\C=C/C=C\C=C(/C=C\C=C)N(c1ccccc1)c1ccc(-c2ccc(N(c3ccccc3)c3cccc4ccccc34)cc2)cc1. The van der Waals surface area contributed by atoms with Gasteiger partial charge in [0.2, 0.25) is 0 Å². The van der Waals surface area contributed by atoms with Gasteiger partial charge in [-0.25, -0.2) is 0 Å². The number of para-hydroxylation sites is 2. The van der Waals surface area contributed by atoms with Crippen LogP contribution in [-0.2, 0) is 0 Å². The number of allylic oxidation sites excluding steroid dienone is 9. The van der Waals surface area contributed by atoms with Crippen LogP contribution in [0.25, 0.3) is 21.9 Å². The van der Waals surface area contributed by atoms with Crippen LogP contribution in [0.3, 0.4) is 0 Å². The number of rotatable bonds is 12. The number of anilines is 5. The van der Waals surface area contributed by atoms with Crippen LogP contribution in [-0.4, -0.2) is 0 Å². The molecule has 0 aliphatic heterocycles. The minimum Gasteiger partial charge on any atom is -0.311 e. The van der Waals surface area contributed by atoms with Crippen LogP contribution in [0.15, 0.2) is 225 Å². The van der Waals surface area contributed by atoms with E-state index in [-0.39, 0.29) is 0 Å². The molecule has 0 fully saturated rings. The zero-order valence-corrected chi connectivity index (χ0v) is 26.9. The zero-order chi connectivity index (χ0) is 33.0. The first-order valence-corrected chi connectivity index (χ1v) is 16.1. The lowest BCUT2D eigenvalue weighted by molar-refractivity contribution is 1.21. The molecule has 48 heavy (non-hydrogen) atoms. The van der Waals surface area contributed by atoms with E-state index in [0.717, 1.165) is 45.3 Å². The summed E-state index contributed by atoms with van der Waals surface area (Å²) in [7, 11) is 0. The van der Waals surface area contributed by atoms with Gasteiger partial charge in [-0.3, -0.25) is 0 Å². The van der Waals surface area contributed by atoms with Crippen molar-refractivity contribution in [2.45, 2.75) is 0 Å². The van der Waals surface area contributed by atoms with Crippen LogP contribution in [0, 0.1) is 0 Å². The summed E-state index contributed by atoms with van der Waals surface area (Å²) in [5.74, 6) is 0. The van der Waals surface area contributed by atoms with Crippen LogP contribution in [0.5, 0.6) is 0 Å². The lowest BCUT2D eigenvalue weighted by Crippen LogP contribution is -2.15. The van der Waals surface area contributed by atoms with Gasteiger partial charge in [0.15, 0.2) is 0 Å². The van der Waals surface area contributed by atoms with Crippen molar-refractivity contribution in [2.75, 3.05) is 9.80 Å². The summed E-state index contributed by atoms with van der Waals surface area (Å²) in [5.41, 5.74) is 8.81. The second-order valence-electron chi connectivity index (χ2n) is 11.1. The van der Waals surface area contributed by atoms with E-state index in [1.807, 2.05) is 36.4 Å². The van der Waals surface area contributed by atoms with Crippen LogP contribution >= 0.6 is 0 Å². The molecular weight excluding hydrogens is 581 g/mol. The third-order valence-electron chi connectivity index (χ3n) is 8.02. The van der Waals surface area contributed by atoms with Gasteiger partial charge < -0.3 is 9.80 Å². The summed E-state index contributed by atoms with van der Waals surface area (Å²) in [6, 6.07) is 53.6. The summed E-state index contributed by atoms with van der Waals surface area (Å²) in [4.78, 5) is 4.58. The maximum atomic E-state index is 3.89. The van der Waals surface area contributed by atoms with Gasteiger partial charge in [-0.2, -0.15) is 0 Å². The average Bonchev–Trinajstić information content (AvgIpc) is 3.15. The number of fused-ring (bicyclic) bond motifs is 1. The van der Waals surface area contributed by atoms with Crippen molar-refractivity contribution in [1.29, 1.82) is 0 Å². The normalized spacial score (nSPS) is 11.8. The molecule has 2 heteroatoms. The van der Waals surface area contributed by atoms with Gasteiger partial charge in [0.1, 0.15) is 0 Å². The molecular formula is C46H38N2. The maximum Gasteiger partial charge on any atom is 0.0540 e. The van der Waals surface area contributed by atoms with E-state index >= 15 is 0 Å². The van der Waals surface area contributed by atoms with Gasteiger partial charge in [0, 0.05) is 33.8 Å². The Bertz CT molecular complexity index is 2080. The molecule has 0 N–H and O–H groups in total. The van der Waals surface area contributed by atoms with E-state index < -0.39 is 0 Å². The Morgan fingerprint density at radius 3 is 1.62 bits per heavy atom. The molecule has 232 valence electrons. The predicted octanol–water partition coefficient (Wildman–Crippen LogP) is 13.0. The van der Waals surface area contributed by atoms with E-state index in [1.54, 1.807) is 12.2 Å². The molecule has 0 atom stereocenters. The quantitative estimate of drug-likeness (QED) is 0.126. The fraction of sp³-hybridized carbons (Fsp3) is 0. The lowest BCUT2D eigenvalue weighted by Gasteiger charge is -2.27. The van der Waals surface area contributed by atoms with Gasteiger partial charge in [0.05, 0.1) is 5.69 Å². The molecule has 2 nitrogen and oxygen atoms in total. The van der Waals surface area contributed by atoms with Crippen LogP contribution in [0.2, 0.25) is 0 Å². The summed E-state index contributed by atoms with van der Waals surface area (Å²) >= 11 is 0. The number of hydrogen-bond acceptors (Lipinski definition) is 2. The highest BCUT2D eigenvalue weighted by Crippen LogP contribution is 2.39.